The van der Waals surface area contributed by atoms with Crippen molar-refractivity contribution in [1.82, 2.24) is 4.98 Å². The molecule has 0 N–H and O–H groups in total. The average molecular weight is 231 g/mol. The summed E-state index contributed by atoms with van der Waals surface area (Å²) in [6.07, 6.45) is 4.52. The molecule has 0 aliphatic carbocycles. The SMILES string of the molecule is CCCCc1ccc2oc(CC(C)C)nc2c1. The second-order valence-electron chi connectivity index (χ2n) is 5.11. The number of nitrogens with zero attached hydrogens (tertiary/aromatic N) is 1. The third-order valence-corrected chi connectivity index (χ3v) is 2.90. The summed E-state index contributed by atoms with van der Waals surface area (Å²) >= 11 is 0. The maximum absolute atomic E-state index is 5.73. The van der Waals surface area contributed by atoms with Crippen LogP contribution in [0.3, 0.4) is 0 Å². The topological polar surface area (TPSA) is 26.0 Å². The molecule has 0 amide bonds. The molecule has 2 rings (SSSR count). The highest BCUT2D eigenvalue weighted by molar-refractivity contribution is 5.73. The van der Waals surface area contributed by atoms with Crippen molar-refractivity contribution in [3.05, 3.63) is 29.7 Å². The van der Waals surface area contributed by atoms with Crippen molar-refractivity contribution in [2.45, 2.75) is 46.5 Å². The monoisotopic (exact) mass is 231 g/mol. The number of hydrogen-bond donors (Lipinski definition) is 0. The van der Waals surface area contributed by atoms with Gasteiger partial charge in [0.1, 0.15) is 5.52 Å². The van der Waals surface area contributed by atoms with E-state index in [4.69, 9.17) is 4.42 Å². The first-order chi connectivity index (χ1) is 8.19. The van der Waals surface area contributed by atoms with Crippen LogP contribution in [0.25, 0.3) is 11.1 Å². The van der Waals surface area contributed by atoms with Crippen LogP contribution < -0.4 is 0 Å². The quantitative estimate of drug-likeness (QED) is 0.763. The fourth-order valence-corrected chi connectivity index (χ4v) is 1.99. The summed E-state index contributed by atoms with van der Waals surface area (Å²) in [5.41, 5.74) is 3.29. The Morgan fingerprint density at radius 1 is 1.29 bits per heavy atom. The van der Waals surface area contributed by atoms with E-state index in [9.17, 15) is 0 Å². The van der Waals surface area contributed by atoms with Crippen LogP contribution >= 0.6 is 0 Å². The molecule has 1 heterocycles. The van der Waals surface area contributed by atoms with Gasteiger partial charge in [-0.25, -0.2) is 4.98 Å². The van der Waals surface area contributed by atoms with Crippen molar-refractivity contribution in [2.24, 2.45) is 5.92 Å². The lowest BCUT2D eigenvalue weighted by Gasteiger charge is -1.97. The third kappa shape index (κ3) is 3.09. The molecular weight excluding hydrogens is 210 g/mol. The number of unbranched alkanes of at least 4 members (excludes halogenated alkanes) is 1. The van der Waals surface area contributed by atoms with Gasteiger partial charge in [0.05, 0.1) is 0 Å². The molecule has 2 nitrogen and oxygen atoms in total. The van der Waals surface area contributed by atoms with Gasteiger partial charge >= 0.3 is 0 Å². The predicted octanol–water partition coefficient (Wildman–Crippen LogP) is 4.37. The van der Waals surface area contributed by atoms with Gasteiger partial charge in [-0.05, 0) is 36.5 Å². The fourth-order valence-electron chi connectivity index (χ4n) is 1.99. The normalized spacial score (nSPS) is 11.5. The number of benzene rings is 1. The van der Waals surface area contributed by atoms with Crippen LogP contribution in [0.15, 0.2) is 22.6 Å². The zero-order valence-electron chi connectivity index (χ0n) is 11.0. The molecule has 2 aromatic rings. The lowest BCUT2D eigenvalue weighted by molar-refractivity contribution is 0.482. The van der Waals surface area contributed by atoms with Crippen LogP contribution in [0.2, 0.25) is 0 Å². The number of oxazole rings is 1. The molecular formula is C15H21NO. The molecule has 0 spiro atoms. The van der Waals surface area contributed by atoms with Crippen molar-refractivity contribution in [2.75, 3.05) is 0 Å². The summed E-state index contributed by atoms with van der Waals surface area (Å²) in [7, 11) is 0. The van der Waals surface area contributed by atoms with Crippen LogP contribution in [0, 0.1) is 5.92 Å². The first-order valence-corrected chi connectivity index (χ1v) is 6.57. The lowest BCUT2D eigenvalue weighted by Crippen LogP contribution is -1.93. The number of aryl methyl sites for hydroxylation is 1. The lowest BCUT2D eigenvalue weighted by atomic mass is 10.1. The van der Waals surface area contributed by atoms with Gasteiger partial charge in [0.2, 0.25) is 0 Å². The minimum atomic E-state index is 0.586. The fraction of sp³-hybridized carbons (Fsp3) is 0.533. The molecule has 0 atom stereocenters. The number of fused-ring (bicyclic) bond motifs is 1. The van der Waals surface area contributed by atoms with Gasteiger partial charge in [-0.3, -0.25) is 0 Å². The van der Waals surface area contributed by atoms with Gasteiger partial charge in [0.25, 0.3) is 0 Å². The molecule has 0 bridgehead atoms. The van der Waals surface area contributed by atoms with E-state index in [0.717, 1.165) is 29.8 Å². The van der Waals surface area contributed by atoms with E-state index in [1.165, 1.54) is 18.4 Å². The number of rotatable bonds is 5. The highest BCUT2D eigenvalue weighted by atomic mass is 16.3. The van der Waals surface area contributed by atoms with Crippen LogP contribution in [0.4, 0.5) is 0 Å². The molecule has 0 saturated carbocycles. The highest BCUT2D eigenvalue weighted by Gasteiger charge is 2.07. The van der Waals surface area contributed by atoms with Crippen LogP contribution in [0.5, 0.6) is 0 Å². The Bertz CT molecular complexity index is 485. The van der Waals surface area contributed by atoms with Gasteiger partial charge in [-0.2, -0.15) is 0 Å². The summed E-state index contributed by atoms with van der Waals surface area (Å²) < 4.78 is 5.73. The molecule has 0 aliphatic heterocycles. The summed E-state index contributed by atoms with van der Waals surface area (Å²) in [4.78, 5) is 4.55. The van der Waals surface area contributed by atoms with Crippen LogP contribution in [-0.4, -0.2) is 4.98 Å². The second-order valence-corrected chi connectivity index (χ2v) is 5.11. The summed E-state index contributed by atoms with van der Waals surface area (Å²) in [6.45, 7) is 6.58. The first kappa shape index (κ1) is 12.2. The van der Waals surface area contributed by atoms with E-state index in [1.807, 2.05) is 0 Å². The van der Waals surface area contributed by atoms with Gasteiger partial charge in [-0.15, -0.1) is 0 Å². The Labute approximate surface area is 103 Å². The molecule has 0 unspecified atom stereocenters. The molecule has 1 aromatic carbocycles. The van der Waals surface area contributed by atoms with E-state index >= 15 is 0 Å². The van der Waals surface area contributed by atoms with Gasteiger partial charge in [-0.1, -0.05) is 33.3 Å². The highest BCUT2D eigenvalue weighted by Crippen LogP contribution is 2.20. The Morgan fingerprint density at radius 3 is 2.82 bits per heavy atom. The largest absolute Gasteiger partial charge is 0.441 e. The molecule has 1 aromatic heterocycles. The van der Waals surface area contributed by atoms with Crippen molar-refractivity contribution in [3.8, 4) is 0 Å². The Morgan fingerprint density at radius 2 is 2.12 bits per heavy atom. The Hall–Kier alpha value is -1.31. The van der Waals surface area contributed by atoms with Crippen molar-refractivity contribution in [3.63, 3.8) is 0 Å². The molecule has 0 radical (unpaired) electrons. The maximum Gasteiger partial charge on any atom is 0.195 e. The van der Waals surface area contributed by atoms with Crippen molar-refractivity contribution < 1.29 is 4.42 Å². The Balaban J connectivity index is 2.21. The zero-order valence-corrected chi connectivity index (χ0v) is 11.0. The van der Waals surface area contributed by atoms with Crippen molar-refractivity contribution in [1.29, 1.82) is 0 Å². The van der Waals surface area contributed by atoms with Gasteiger partial charge in [0, 0.05) is 6.42 Å². The van der Waals surface area contributed by atoms with Gasteiger partial charge < -0.3 is 4.42 Å². The Kier molecular flexibility index (Phi) is 3.82. The smallest absolute Gasteiger partial charge is 0.195 e. The predicted molar refractivity (Wildman–Crippen MR) is 71.2 cm³/mol. The van der Waals surface area contributed by atoms with E-state index in [-0.39, 0.29) is 0 Å². The number of aromatic nitrogens is 1. The molecule has 92 valence electrons. The molecule has 0 saturated heterocycles. The van der Waals surface area contributed by atoms with E-state index in [2.05, 4.69) is 44.0 Å². The molecule has 2 heteroatoms. The van der Waals surface area contributed by atoms with Crippen molar-refractivity contribution >= 4 is 11.1 Å². The van der Waals surface area contributed by atoms with Crippen LogP contribution in [0.1, 0.15) is 45.1 Å². The second kappa shape index (κ2) is 5.35. The minimum absolute atomic E-state index is 0.586. The number of hydrogen-bond acceptors (Lipinski definition) is 2. The standard InChI is InChI=1S/C15H21NO/c1-4-5-6-12-7-8-14-13(10-12)16-15(17-14)9-11(2)3/h7-8,10-11H,4-6,9H2,1-3H3. The molecule has 0 fully saturated rings. The zero-order chi connectivity index (χ0) is 12.3. The molecule has 0 aliphatic rings. The summed E-state index contributed by atoms with van der Waals surface area (Å²) in [5.74, 6) is 1.45. The van der Waals surface area contributed by atoms with E-state index in [1.54, 1.807) is 0 Å². The first-order valence-electron chi connectivity index (χ1n) is 6.57. The molecule has 17 heavy (non-hydrogen) atoms. The maximum atomic E-state index is 5.73. The summed E-state index contributed by atoms with van der Waals surface area (Å²) in [5, 5.41) is 0. The van der Waals surface area contributed by atoms with Gasteiger partial charge in [0.15, 0.2) is 11.5 Å². The third-order valence-electron chi connectivity index (χ3n) is 2.90. The summed E-state index contributed by atoms with van der Waals surface area (Å²) in [6, 6.07) is 6.37. The minimum Gasteiger partial charge on any atom is -0.441 e. The van der Waals surface area contributed by atoms with E-state index in [0.29, 0.717) is 5.92 Å². The van der Waals surface area contributed by atoms with Crippen LogP contribution in [-0.2, 0) is 12.8 Å². The van der Waals surface area contributed by atoms with E-state index < -0.39 is 0 Å². The average Bonchev–Trinajstić information content (AvgIpc) is 2.66.